The topological polar surface area (TPSA) is 137 Å². The van der Waals surface area contributed by atoms with Crippen LogP contribution in [0.3, 0.4) is 0 Å². The van der Waals surface area contributed by atoms with Gasteiger partial charge in [-0.05, 0) is 83.6 Å². The van der Waals surface area contributed by atoms with E-state index in [1.807, 2.05) is 82.0 Å². The van der Waals surface area contributed by atoms with Crippen LogP contribution in [0.4, 0.5) is 0 Å². The van der Waals surface area contributed by atoms with E-state index in [2.05, 4.69) is 9.97 Å². The Labute approximate surface area is 306 Å². The molecule has 4 heterocycles. The van der Waals surface area contributed by atoms with Crippen molar-refractivity contribution in [2.45, 2.75) is 37.1 Å². The molecule has 0 bridgehead atoms. The lowest BCUT2D eigenvalue weighted by Gasteiger charge is -2.61. The molecule has 5 rings (SSSR count). The van der Waals surface area contributed by atoms with Gasteiger partial charge in [0.05, 0.1) is 66.1 Å². The number of pyridine rings is 2. The highest BCUT2D eigenvalue weighted by molar-refractivity contribution is 5.69. The number of ether oxygens (including phenoxy) is 6. The van der Waals surface area contributed by atoms with Gasteiger partial charge >= 0.3 is 0 Å². The number of hydrogen-bond donors (Lipinski definition) is 0. The summed E-state index contributed by atoms with van der Waals surface area (Å²) < 4.78 is 36.9. The van der Waals surface area contributed by atoms with Gasteiger partial charge in [-0.25, -0.2) is 0 Å². The van der Waals surface area contributed by atoms with E-state index in [9.17, 15) is 10.2 Å². The second-order valence-electron chi connectivity index (χ2n) is 12.3. The normalized spacial score (nSPS) is 18.8. The largest absolute Gasteiger partial charge is 0.851 e. The summed E-state index contributed by atoms with van der Waals surface area (Å²) in [5.41, 5.74) is 5.25. The second kappa shape index (κ2) is 21.5. The fourth-order valence-corrected chi connectivity index (χ4v) is 6.29. The van der Waals surface area contributed by atoms with Crippen LogP contribution < -0.4 is 10.2 Å². The molecule has 52 heavy (non-hydrogen) atoms. The molecule has 0 atom stereocenters. The number of nitrogens with zero attached hydrogens (tertiary/aromatic N) is 4. The van der Waals surface area contributed by atoms with E-state index >= 15 is 0 Å². The first-order valence-corrected chi connectivity index (χ1v) is 17.8. The summed E-state index contributed by atoms with van der Waals surface area (Å²) in [5, 5.41) is 28.3. The highest BCUT2D eigenvalue weighted by Crippen LogP contribution is 2.46. The van der Waals surface area contributed by atoms with Gasteiger partial charge < -0.3 is 47.8 Å². The van der Waals surface area contributed by atoms with E-state index in [1.54, 1.807) is 39.0 Å². The van der Waals surface area contributed by atoms with Crippen molar-refractivity contribution in [1.29, 1.82) is 0 Å². The highest BCUT2D eigenvalue weighted by atomic mass is 16.5. The third-order valence-corrected chi connectivity index (χ3v) is 9.03. The van der Waals surface area contributed by atoms with Crippen LogP contribution in [0, 0.1) is 0 Å². The van der Waals surface area contributed by atoms with Crippen molar-refractivity contribution >= 4 is 24.3 Å². The van der Waals surface area contributed by atoms with Crippen LogP contribution in [-0.2, 0) is 41.5 Å². The zero-order chi connectivity index (χ0) is 36.4. The zero-order valence-electron chi connectivity index (χ0n) is 30.1. The molecule has 0 radical (unpaired) electrons. The Morgan fingerprint density at radius 3 is 1.25 bits per heavy atom. The van der Waals surface area contributed by atoms with E-state index in [0.717, 1.165) is 33.9 Å². The number of methoxy groups -OCH3 is 2. The molecule has 4 aromatic rings. The van der Waals surface area contributed by atoms with Crippen molar-refractivity contribution in [1.82, 2.24) is 19.1 Å². The van der Waals surface area contributed by atoms with Gasteiger partial charge in [0, 0.05) is 74.9 Å². The van der Waals surface area contributed by atoms with E-state index in [4.69, 9.17) is 28.4 Å². The van der Waals surface area contributed by atoms with Crippen molar-refractivity contribution in [3.8, 4) is 0 Å². The molecule has 0 aliphatic heterocycles. The van der Waals surface area contributed by atoms with Crippen LogP contribution in [0.1, 0.15) is 45.7 Å². The molecule has 0 spiro atoms. The monoisotopic (exact) mass is 714 g/mol. The Morgan fingerprint density at radius 2 is 0.865 bits per heavy atom. The van der Waals surface area contributed by atoms with Gasteiger partial charge in [0.25, 0.3) is 0 Å². The molecule has 0 aromatic carbocycles. The second-order valence-corrected chi connectivity index (χ2v) is 12.3. The minimum atomic E-state index is -1.12. The molecule has 4 aromatic heterocycles. The van der Waals surface area contributed by atoms with Gasteiger partial charge in [0.1, 0.15) is 0 Å². The first kappa shape index (κ1) is 39.2. The zero-order valence-corrected chi connectivity index (χ0v) is 30.1. The van der Waals surface area contributed by atoms with Crippen LogP contribution in [0.15, 0.2) is 73.3 Å². The van der Waals surface area contributed by atoms with Gasteiger partial charge in [0.2, 0.25) is 0 Å². The standard InChI is InChI=1S/C40H50N4O8/c1-47-23-25-51-29-27-49-21-19-43-33(5-3-31-11-15-41-16-12-31)7-9-35(43)37-39(45)38(40(37)46)36-10-8-34(6-4-32-13-17-42-18-14-32)44(36)20-22-50-28-30-52-26-24-48-2/h3-18,37-40H,19-30H2,1-2H3/q-2/b5-3+,6-4+. The van der Waals surface area contributed by atoms with Crippen LogP contribution in [0.5, 0.6) is 0 Å². The molecular formula is C40H50N4O8-2. The van der Waals surface area contributed by atoms with Crippen LogP contribution >= 0.6 is 0 Å². The fraction of sp³-hybridized carbons (Fsp3) is 0.450. The van der Waals surface area contributed by atoms with E-state index in [1.165, 1.54) is 0 Å². The van der Waals surface area contributed by atoms with E-state index < -0.39 is 24.0 Å². The van der Waals surface area contributed by atoms with Crippen molar-refractivity contribution in [3.05, 3.63) is 107 Å². The number of hydrogen-bond acceptors (Lipinski definition) is 10. The third kappa shape index (κ3) is 11.0. The smallest absolute Gasteiger partial charge is 0.0701 e. The molecule has 12 heteroatoms. The van der Waals surface area contributed by atoms with Crippen molar-refractivity contribution in [3.63, 3.8) is 0 Å². The maximum absolute atomic E-state index is 14.1. The number of aromatic nitrogens is 4. The molecule has 0 amide bonds. The summed E-state index contributed by atoms with van der Waals surface area (Å²) in [6.45, 7) is 5.64. The molecule has 0 unspecified atom stereocenters. The molecular weight excluding hydrogens is 664 g/mol. The molecule has 1 fully saturated rings. The summed E-state index contributed by atoms with van der Waals surface area (Å²) in [6.07, 6.45) is 12.7. The van der Waals surface area contributed by atoms with E-state index in [-0.39, 0.29) is 0 Å². The van der Waals surface area contributed by atoms with Crippen LogP contribution in [0.25, 0.3) is 24.3 Å². The molecule has 0 N–H and O–H groups in total. The predicted molar refractivity (Wildman–Crippen MR) is 195 cm³/mol. The average Bonchev–Trinajstić information content (AvgIpc) is 3.75. The van der Waals surface area contributed by atoms with E-state index in [0.29, 0.717) is 79.2 Å². The summed E-state index contributed by atoms with van der Waals surface area (Å²) >= 11 is 0. The Morgan fingerprint density at radius 1 is 0.500 bits per heavy atom. The lowest BCUT2D eigenvalue weighted by atomic mass is 9.66. The van der Waals surface area contributed by atoms with Crippen LogP contribution in [0.2, 0.25) is 0 Å². The molecule has 12 nitrogen and oxygen atoms in total. The fourth-order valence-electron chi connectivity index (χ4n) is 6.29. The highest BCUT2D eigenvalue weighted by Gasteiger charge is 2.41. The van der Waals surface area contributed by atoms with Gasteiger partial charge in [-0.1, -0.05) is 12.2 Å². The van der Waals surface area contributed by atoms with Gasteiger partial charge in [-0.3, -0.25) is 9.97 Å². The maximum Gasteiger partial charge on any atom is 0.0701 e. The molecule has 280 valence electrons. The van der Waals surface area contributed by atoms with Gasteiger partial charge in [0.15, 0.2) is 0 Å². The van der Waals surface area contributed by atoms with Crippen molar-refractivity contribution < 1.29 is 38.6 Å². The maximum atomic E-state index is 14.1. The number of rotatable bonds is 24. The van der Waals surface area contributed by atoms with Gasteiger partial charge in [-0.2, -0.15) is 0 Å². The molecule has 1 saturated carbocycles. The van der Waals surface area contributed by atoms with Crippen molar-refractivity contribution in [2.24, 2.45) is 0 Å². The Hall–Kier alpha value is -3.98. The first-order chi connectivity index (χ1) is 25.6. The SMILES string of the molecule is COCCOCCOCCn1c(/C=C/c2ccncc2)ccc1C1C([O-])C(c2ccc(/C=C/c3ccncc3)n2CCOCCOCCOC)C1[O-]. The quantitative estimate of drug-likeness (QED) is 0.0997. The Bertz CT molecular complexity index is 1510. The lowest BCUT2D eigenvalue weighted by Crippen LogP contribution is -2.64. The average molecular weight is 715 g/mol. The van der Waals surface area contributed by atoms with Crippen LogP contribution in [-0.4, -0.2) is 112 Å². The summed E-state index contributed by atoms with van der Waals surface area (Å²) in [5.74, 6) is -1.41. The Kier molecular flexibility index (Phi) is 16.2. The first-order valence-electron chi connectivity index (χ1n) is 17.8. The lowest BCUT2D eigenvalue weighted by molar-refractivity contribution is -0.536. The minimum Gasteiger partial charge on any atom is -0.851 e. The summed E-state index contributed by atoms with van der Waals surface area (Å²) in [7, 11) is 3.27. The molecule has 1 aliphatic carbocycles. The summed E-state index contributed by atoms with van der Waals surface area (Å²) in [4.78, 5) is 8.19. The predicted octanol–water partition coefficient (Wildman–Crippen LogP) is 3.12. The summed E-state index contributed by atoms with van der Waals surface area (Å²) in [6, 6.07) is 15.5. The molecule has 0 saturated heterocycles. The van der Waals surface area contributed by atoms with Crippen molar-refractivity contribution in [2.75, 3.05) is 80.3 Å². The Balaban J connectivity index is 1.31. The minimum absolute atomic E-state index is 0.405. The third-order valence-electron chi connectivity index (χ3n) is 9.03. The molecule has 1 aliphatic rings. The van der Waals surface area contributed by atoms with Gasteiger partial charge in [-0.15, -0.1) is 12.2 Å².